The molecule has 0 aliphatic carbocycles. The average molecular weight is 296 g/mol. The zero-order chi connectivity index (χ0) is 15.4. The number of para-hydroxylation sites is 1. The van der Waals surface area contributed by atoms with E-state index in [0.29, 0.717) is 6.42 Å². The quantitative estimate of drug-likeness (QED) is 0.865. The molecular formula is C17H16N2O3. The second kappa shape index (κ2) is 6.30. The molecule has 22 heavy (non-hydrogen) atoms. The van der Waals surface area contributed by atoms with Crippen LogP contribution in [0.1, 0.15) is 23.7 Å². The molecule has 112 valence electrons. The van der Waals surface area contributed by atoms with Crippen molar-refractivity contribution in [2.24, 2.45) is 5.10 Å². The van der Waals surface area contributed by atoms with E-state index >= 15 is 0 Å². The molecule has 1 amide bonds. The highest BCUT2D eigenvalue weighted by Gasteiger charge is 2.26. The Bertz CT molecular complexity index is 698. The molecular weight excluding hydrogens is 280 g/mol. The van der Waals surface area contributed by atoms with E-state index in [2.05, 4.69) is 15.3 Å². The van der Waals surface area contributed by atoms with Crippen molar-refractivity contribution in [3.63, 3.8) is 0 Å². The van der Waals surface area contributed by atoms with Crippen LogP contribution >= 0.6 is 0 Å². The van der Waals surface area contributed by atoms with Gasteiger partial charge in [0.15, 0.2) is 0 Å². The van der Waals surface area contributed by atoms with Crippen LogP contribution in [-0.4, -0.2) is 18.9 Å². The second-order valence-electron chi connectivity index (χ2n) is 4.88. The minimum absolute atomic E-state index is 0.130. The van der Waals surface area contributed by atoms with Crippen LogP contribution in [0, 0.1) is 0 Å². The van der Waals surface area contributed by atoms with E-state index in [1.807, 2.05) is 54.6 Å². The first-order chi connectivity index (χ1) is 10.8. The van der Waals surface area contributed by atoms with Gasteiger partial charge in [-0.05, 0) is 17.7 Å². The smallest absolute Gasteiger partial charge is 0.427 e. The van der Waals surface area contributed by atoms with Gasteiger partial charge in [-0.1, -0.05) is 42.5 Å². The summed E-state index contributed by atoms with van der Waals surface area (Å²) in [5.41, 5.74) is 5.10. The second-order valence-corrected chi connectivity index (χ2v) is 4.88. The Labute approximate surface area is 128 Å². The number of benzene rings is 2. The van der Waals surface area contributed by atoms with Gasteiger partial charge in [-0.25, -0.2) is 10.2 Å². The standard InChI is InChI=1S/C17H16N2O3/c1-21-17(20)19-18-14-11-16(12-7-3-2-4-8-12)22-15-10-6-5-9-13(14)15/h2-10,16H,11H2,1H3,(H,19,20)/b18-14-. The number of hydrazone groups is 1. The summed E-state index contributed by atoms with van der Waals surface area (Å²) in [6.07, 6.45) is -0.146. The summed E-state index contributed by atoms with van der Waals surface area (Å²) >= 11 is 0. The molecule has 3 rings (SSSR count). The number of carbonyl (C=O) groups is 1. The molecule has 0 fully saturated rings. The molecule has 0 spiro atoms. The van der Waals surface area contributed by atoms with Crippen LogP contribution in [0.15, 0.2) is 59.7 Å². The average Bonchev–Trinajstić information content (AvgIpc) is 2.59. The van der Waals surface area contributed by atoms with E-state index in [0.717, 1.165) is 22.6 Å². The fraction of sp³-hybridized carbons (Fsp3) is 0.176. The van der Waals surface area contributed by atoms with E-state index in [1.54, 1.807) is 0 Å². The highest BCUT2D eigenvalue weighted by Crippen LogP contribution is 2.34. The van der Waals surface area contributed by atoms with Crippen LogP contribution < -0.4 is 10.2 Å². The number of carbonyl (C=O) groups excluding carboxylic acids is 1. The molecule has 1 atom stereocenters. The molecule has 1 unspecified atom stereocenters. The maximum atomic E-state index is 11.2. The minimum Gasteiger partial charge on any atom is -0.485 e. The first kappa shape index (κ1) is 14.1. The molecule has 1 aliphatic heterocycles. The third-order valence-electron chi connectivity index (χ3n) is 3.48. The van der Waals surface area contributed by atoms with Crippen molar-refractivity contribution in [3.8, 4) is 5.75 Å². The SMILES string of the molecule is COC(=O)N/N=C1/CC(c2ccccc2)Oc2ccccc21. The molecule has 5 heteroatoms. The minimum atomic E-state index is -0.590. The molecule has 0 bridgehead atoms. The maximum absolute atomic E-state index is 11.2. The van der Waals surface area contributed by atoms with E-state index in [4.69, 9.17) is 4.74 Å². The molecule has 5 nitrogen and oxygen atoms in total. The van der Waals surface area contributed by atoms with Gasteiger partial charge in [0.2, 0.25) is 0 Å². The van der Waals surface area contributed by atoms with Gasteiger partial charge in [0.1, 0.15) is 11.9 Å². The van der Waals surface area contributed by atoms with Crippen molar-refractivity contribution in [1.82, 2.24) is 5.43 Å². The van der Waals surface area contributed by atoms with Gasteiger partial charge in [-0.3, -0.25) is 0 Å². The Morgan fingerprint density at radius 1 is 1.18 bits per heavy atom. The van der Waals surface area contributed by atoms with Crippen LogP contribution in [-0.2, 0) is 4.74 Å². The van der Waals surface area contributed by atoms with Crippen LogP contribution in [0.3, 0.4) is 0 Å². The van der Waals surface area contributed by atoms with Crippen LogP contribution in [0.2, 0.25) is 0 Å². The van der Waals surface area contributed by atoms with Crippen LogP contribution in [0.5, 0.6) is 5.75 Å². The molecule has 1 heterocycles. The molecule has 1 N–H and O–H groups in total. The van der Waals surface area contributed by atoms with E-state index in [9.17, 15) is 4.79 Å². The summed E-state index contributed by atoms with van der Waals surface area (Å²) in [6, 6.07) is 17.6. The number of nitrogens with zero attached hydrogens (tertiary/aromatic N) is 1. The molecule has 2 aromatic rings. The lowest BCUT2D eigenvalue weighted by atomic mass is 9.96. The van der Waals surface area contributed by atoms with Crippen molar-refractivity contribution in [1.29, 1.82) is 0 Å². The number of fused-ring (bicyclic) bond motifs is 1. The van der Waals surface area contributed by atoms with E-state index < -0.39 is 6.09 Å². The summed E-state index contributed by atoms with van der Waals surface area (Å²) in [5.74, 6) is 0.757. The van der Waals surface area contributed by atoms with Crippen molar-refractivity contribution < 1.29 is 14.3 Å². The first-order valence-corrected chi connectivity index (χ1v) is 6.99. The number of nitrogens with one attached hydrogen (secondary N) is 1. The Morgan fingerprint density at radius 3 is 2.68 bits per heavy atom. The molecule has 0 radical (unpaired) electrons. The largest absolute Gasteiger partial charge is 0.485 e. The summed E-state index contributed by atoms with van der Waals surface area (Å²) in [5, 5.41) is 4.18. The number of rotatable bonds is 2. The summed E-state index contributed by atoms with van der Waals surface area (Å²) < 4.78 is 10.6. The summed E-state index contributed by atoms with van der Waals surface area (Å²) in [7, 11) is 1.31. The van der Waals surface area contributed by atoms with Crippen LogP contribution in [0.25, 0.3) is 0 Å². The highest BCUT2D eigenvalue weighted by molar-refractivity contribution is 6.04. The molecule has 1 aliphatic rings. The lowest BCUT2D eigenvalue weighted by molar-refractivity contribution is 0.171. The Kier molecular flexibility index (Phi) is 4.05. The van der Waals surface area contributed by atoms with Crippen molar-refractivity contribution in [2.45, 2.75) is 12.5 Å². The predicted molar refractivity (Wildman–Crippen MR) is 82.9 cm³/mol. The summed E-state index contributed by atoms with van der Waals surface area (Å²) in [4.78, 5) is 11.2. The Balaban J connectivity index is 1.93. The molecule has 0 saturated carbocycles. The fourth-order valence-corrected chi connectivity index (χ4v) is 2.41. The maximum Gasteiger partial charge on any atom is 0.427 e. The summed E-state index contributed by atoms with van der Waals surface area (Å²) in [6.45, 7) is 0. The van der Waals surface area contributed by atoms with Gasteiger partial charge in [0.05, 0.1) is 12.8 Å². The van der Waals surface area contributed by atoms with Gasteiger partial charge in [0.25, 0.3) is 0 Å². The number of ether oxygens (including phenoxy) is 2. The van der Waals surface area contributed by atoms with Gasteiger partial charge < -0.3 is 9.47 Å². The number of hydrogen-bond acceptors (Lipinski definition) is 4. The zero-order valence-corrected chi connectivity index (χ0v) is 12.2. The Hall–Kier alpha value is -2.82. The predicted octanol–water partition coefficient (Wildman–Crippen LogP) is 3.27. The number of methoxy groups -OCH3 is 1. The number of amides is 1. The van der Waals surface area contributed by atoms with Gasteiger partial charge in [0, 0.05) is 12.0 Å². The van der Waals surface area contributed by atoms with E-state index in [1.165, 1.54) is 7.11 Å². The topological polar surface area (TPSA) is 59.9 Å². The van der Waals surface area contributed by atoms with Crippen molar-refractivity contribution in [3.05, 3.63) is 65.7 Å². The third-order valence-corrected chi connectivity index (χ3v) is 3.48. The Morgan fingerprint density at radius 2 is 1.91 bits per heavy atom. The highest BCUT2D eigenvalue weighted by atomic mass is 16.5. The molecule has 0 aromatic heterocycles. The lowest BCUT2D eigenvalue weighted by Crippen LogP contribution is -2.25. The number of hydrogen-bond donors (Lipinski definition) is 1. The molecule has 2 aromatic carbocycles. The van der Waals surface area contributed by atoms with Gasteiger partial charge in [-0.15, -0.1) is 0 Å². The van der Waals surface area contributed by atoms with Gasteiger partial charge >= 0.3 is 6.09 Å². The van der Waals surface area contributed by atoms with Gasteiger partial charge in [-0.2, -0.15) is 5.10 Å². The van der Waals surface area contributed by atoms with Crippen LogP contribution in [0.4, 0.5) is 4.79 Å². The first-order valence-electron chi connectivity index (χ1n) is 6.99. The molecule has 0 saturated heterocycles. The van der Waals surface area contributed by atoms with Crippen molar-refractivity contribution >= 4 is 11.8 Å². The van der Waals surface area contributed by atoms with Crippen molar-refractivity contribution in [2.75, 3.05) is 7.11 Å². The third kappa shape index (κ3) is 2.93. The zero-order valence-electron chi connectivity index (χ0n) is 12.2. The lowest BCUT2D eigenvalue weighted by Gasteiger charge is -2.27. The van der Waals surface area contributed by atoms with E-state index in [-0.39, 0.29) is 6.10 Å². The normalized spacial score (nSPS) is 18.2. The monoisotopic (exact) mass is 296 g/mol. The fourth-order valence-electron chi connectivity index (χ4n) is 2.41.